The first kappa shape index (κ1) is 30.6. The summed E-state index contributed by atoms with van der Waals surface area (Å²) in [5.74, 6) is -1.74. The molecule has 0 aliphatic carbocycles. The fraction of sp³-hybridized carbons (Fsp3) is 0.0625. The molecule has 1 fully saturated rings. The number of hydrogen-bond donors (Lipinski definition) is 2. The number of rotatable bonds is 9. The number of imide groups is 1. The third-order valence-electron chi connectivity index (χ3n) is 6.50. The molecular formula is C32H23IN4O6S. The van der Waals surface area contributed by atoms with E-state index < -0.39 is 22.0 Å². The molecular weight excluding hydrogens is 695 g/mol. The van der Waals surface area contributed by atoms with Gasteiger partial charge in [-0.25, -0.2) is 4.90 Å². The first-order valence-corrected chi connectivity index (χ1v) is 15.2. The highest BCUT2D eigenvalue weighted by Gasteiger charge is 2.40. The summed E-state index contributed by atoms with van der Waals surface area (Å²) in [5.41, 5.74) is 1.52. The Morgan fingerprint density at radius 3 is 2.32 bits per heavy atom. The number of halogens is 1. The summed E-state index contributed by atoms with van der Waals surface area (Å²) in [4.78, 5) is 64.5. The lowest BCUT2D eigenvalue weighted by Crippen LogP contribution is -2.31. The number of nitrogens with one attached hydrogen (secondary N) is 2. The van der Waals surface area contributed by atoms with E-state index in [1.165, 1.54) is 47.0 Å². The van der Waals surface area contributed by atoms with Gasteiger partial charge in [-0.3, -0.25) is 29.3 Å². The number of amides is 4. The lowest BCUT2D eigenvalue weighted by Gasteiger charge is -2.15. The molecule has 2 N–H and O–H groups in total. The first-order valence-electron chi connectivity index (χ1n) is 13.2. The minimum atomic E-state index is -0.633. The van der Waals surface area contributed by atoms with Gasteiger partial charge in [0.25, 0.3) is 17.5 Å². The molecule has 0 bridgehead atoms. The van der Waals surface area contributed by atoms with Crippen LogP contribution in [0.25, 0.3) is 6.08 Å². The van der Waals surface area contributed by atoms with Crippen molar-refractivity contribution in [1.82, 2.24) is 5.32 Å². The monoisotopic (exact) mass is 718 g/mol. The molecule has 1 saturated heterocycles. The van der Waals surface area contributed by atoms with Crippen molar-refractivity contribution in [1.29, 1.82) is 0 Å². The van der Waals surface area contributed by atoms with Gasteiger partial charge in [0, 0.05) is 38.3 Å². The predicted molar refractivity (Wildman–Crippen MR) is 176 cm³/mol. The van der Waals surface area contributed by atoms with Crippen LogP contribution in [-0.2, 0) is 14.4 Å². The summed E-state index contributed by atoms with van der Waals surface area (Å²) in [5, 5.41) is 15.8. The molecule has 5 rings (SSSR count). The average molecular weight is 719 g/mol. The van der Waals surface area contributed by atoms with E-state index in [1.807, 2.05) is 12.1 Å². The first-order chi connectivity index (χ1) is 21.2. The molecule has 0 unspecified atom stereocenters. The number of thioether (sulfide) groups is 1. The second-order valence-electron chi connectivity index (χ2n) is 9.56. The standard InChI is InChI=1S/C32H23IN4O6S/c33-22-11-15-24(16-12-22)36-29(38)19-28(32(36)41)44-26-8-4-7-23(18-26)34-31(40)27(35-30(39)21-5-2-1-3-6-21)17-20-9-13-25(14-10-20)37(42)43/h1-18,28H,19H2,(H,34,40)(H,35,39)/b27-17-/t28-/m0/s1. The zero-order chi connectivity index (χ0) is 31.2. The van der Waals surface area contributed by atoms with Gasteiger partial charge < -0.3 is 10.6 Å². The van der Waals surface area contributed by atoms with Gasteiger partial charge in [-0.05, 0) is 101 Å². The van der Waals surface area contributed by atoms with Crippen LogP contribution in [-0.4, -0.2) is 33.8 Å². The van der Waals surface area contributed by atoms with Crippen molar-refractivity contribution in [2.24, 2.45) is 0 Å². The zero-order valence-corrected chi connectivity index (χ0v) is 25.8. The van der Waals surface area contributed by atoms with E-state index in [1.54, 1.807) is 66.7 Å². The van der Waals surface area contributed by atoms with Gasteiger partial charge in [0.15, 0.2) is 0 Å². The number of non-ortho nitro benzene ring substituents is 1. The average Bonchev–Trinajstić information content (AvgIpc) is 3.29. The van der Waals surface area contributed by atoms with Crippen molar-refractivity contribution in [2.45, 2.75) is 16.6 Å². The topological polar surface area (TPSA) is 139 Å². The van der Waals surface area contributed by atoms with Crippen LogP contribution in [0.1, 0.15) is 22.3 Å². The SMILES string of the molecule is O=C(Nc1cccc(S[C@H]2CC(=O)N(c3ccc(I)cc3)C2=O)c1)/C(=C/c1ccc([N+](=O)[O-])cc1)NC(=O)c1ccccc1. The Bertz CT molecular complexity index is 1780. The van der Waals surface area contributed by atoms with Gasteiger partial charge >= 0.3 is 0 Å². The van der Waals surface area contributed by atoms with Gasteiger partial charge in [0.1, 0.15) is 5.70 Å². The summed E-state index contributed by atoms with van der Waals surface area (Å²) >= 11 is 3.38. The highest BCUT2D eigenvalue weighted by Crippen LogP contribution is 2.35. The summed E-state index contributed by atoms with van der Waals surface area (Å²) in [6, 6.07) is 27.8. The van der Waals surface area contributed by atoms with Crippen molar-refractivity contribution in [3.8, 4) is 0 Å². The molecule has 4 aromatic carbocycles. The Morgan fingerprint density at radius 2 is 1.64 bits per heavy atom. The van der Waals surface area contributed by atoms with Gasteiger partial charge in [-0.15, -0.1) is 11.8 Å². The molecule has 10 nitrogen and oxygen atoms in total. The number of carbonyl (C=O) groups is 4. The fourth-order valence-electron chi connectivity index (χ4n) is 4.37. The molecule has 0 radical (unpaired) electrons. The molecule has 220 valence electrons. The number of nitro groups is 1. The Kier molecular flexibility index (Phi) is 9.50. The van der Waals surface area contributed by atoms with Gasteiger partial charge in [0.05, 0.1) is 15.9 Å². The van der Waals surface area contributed by atoms with E-state index in [0.29, 0.717) is 27.4 Å². The molecule has 4 aromatic rings. The quantitative estimate of drug-likeness (QED) is 0.0709. The van der Waals surface area contributed by atoms with Crippen LogP contribution >= 0.6 is 34.4 Å². The van der Waals surface area contributed by atoms with E-state index in [0.717, 1.165) is 3.57 Å². The molecule has 1 atom stereocenters. The molecule has 0 spiro atoms. The maximum absolute atomic E-state index is 13.4. The second-order valence-corrected chi connectivity index (χ2v) is 12.1. The largest absolute Gasteiger partial charge is 0.321 e. The minimum absolute atomic E-state index is 0.0414. The Balaban J connectivity index is 1.33. The predicted octanol–water partition coefficient (Wildman–Crippen LogP) is 6.03. The van der Waals surface area contributed by atoms with E-state index in [2.05, 4.69) is 33.2 Å². The van der Waals surface area contributed by atoms with E-state index in [4.69, 9.17) is 0 Å². The maximum Gasteiger partial charge on any atom is 0.272 e. The van der Waals surface area contributed by atoms with Crippen LogP contribution in [0.15, 0.2) is 114 Å². The Hall–Kier alpha value is -4.82. The van der Waals surface area contributed by atoms with Gasteiger partial charge in [-0.1, -0.05) is 24.3 Å². The van der Waals surface area contributed by atoms with Crippen molar-refractivity contribution >= 4 is 81.1 Å². The number of benzene rings is 4. The lowest BCUT2D eigenvalue weighted by molar-refractivity contribution is -0.384. The van der Waals surface area contributed by atoms with Crippen molar-refractivity contribution in [3.05, 3.63) is 134 Å². The molecule has 12 heteroatoms. The number of anilines is 2. The molecule has 1 aliphatic rings. The molecule has 44 heavy (non-hydrogen) atoms. The smallest absolute Gasteiger partial charge is 0.272 e. The van der Waals surface area contributed by atoms with Crippen LogP contribution in [0.2, 0.25) is 0 Å². The Labute approximate surface area is 269 Å². The second kappa shape index (κ2) is 13.7. The molecule has 0 saturated carbocycles. The van der Waals surface area contributed by atoms with E-state index in [-0.39, 0.29) is 29.6 Å². The molecule has 1 aliphatic heterocycles. The molecule has 4 amide bonds. The third-order valence-corrected chi connectivity index (χ3v) is 8.40. The van der Waals surface area contributed by atoms with Crippen LogP contribution in [0.5, 0.6) is 0 Å². The third kappa shape index (κ3) is 7.38. The summed E-state index contributed by atoms with van der Waals surface area (Å²) in [6.45, 7) is 0. The lowest BCUT2D eigenvalue weighted by atomic mass is 10.1. The summed E-state index contributed by atoms with van der Waals surface area (Å²) in [6.07, 6.45) is 1.46. The maximum atomic E-state index is 13.4. The van der Waals surface area contributed by atoms with Crippen LogP contribution in [0.4, 0.5) is 17.1 Å². The zero-order valence-electron chi connectivity index (χ0n) is 22.8. The molecule has 0 aromatic heterocycles. The van der Waals surface area contributed by atoms with E-state index >= 15 is 0 Å². The van der Waals surface area contributed by atoms with Crippen LogP contribution < -0.4 is 15.5 Å². The molecule has 1 heterocycles. The Morgan fingerprint density at radius 1 is 0.932 bits per heavy atom. The summed E-state index contributed by atoms with van der Waals surface area (Å²) < 4.78 is 0.987. The van der Waals surface area contributed by atoms with Crippen molar-refractivity contribution in [3.63, 3.8) is 0 Å². The number of carbonyl (C=O) groups excluding carboxylic acids is 4. The fourth-order valence-corrected chi connectivity index (χ4v) is 5.84. The van der Waals surface area contributed by atoms with Gasteiger partial charge in [-0.2, -0.15) is 0 Å². The summed E-state index contributed by atoms with van der Waals surface area (Å²) in [7, 11) is 0. The van der Waals surface area contributed by atoms with Crippen LogP contribution in [0, 0.1) is 13.7 Å². The van der Waals surface area contributed by atoms with Gasteiger partial charge in [0.2, 0.25) is 11.8 Å². The number of nitro benzene ring substituents is 1. The minimum Gasteiger partial charge on any atom is -0.321 e. The number of nitrogens with zero attached hydrogens (tertiary/aromatic N) is 2. The number of hydrogen-bond acceptors (Lipinski definition) is 7. The van der Waals surface area contributed by atoms with Crippen LogP contribution in [0.3, 0.4) is 0 Å². The van der Waals surface area contributed by atoms with Crippen molar-refractivity contribution < 1.29 is 24.1 Å². The normalized spacial score (nSPS) is 14.8. The van der Waals surface area contributed by atoms with Crippen molar-refractivity contribution in [2.75, 3.05) is 10.2 Å². The highest BCUT2D eigenvalue weighted by atomic mass is 127. The van der Waals surface area contributed by atoms with E-state index in [9.17, 15) is 29.3 Å². The highest BCUT2D eigenvalue weighted by molar-refractivity contribution is 14.1.